The van der Waals surface area contributed by atoms with Crippen molar-refractivity contribution in [3.8, 4) is 0 Å². The summed E-state index contributed by atoms with van der Waals surface area (Å²) in [5.41, 5.74) is -0.966. The Balaban J connectivity index is 0.000000409. The summed E-state index contributed by atoms with van der Waals surface area (Å²) in [5, 5.41) is 7.99. The third-order valence-corrected chi connectivity index (χ3v) is 4.85. The van der Waals surface area contributed by atoms with Crippen molar-refractivity contribution in [1.82, 2.24) is 9.55 Å². The lowest BCUT2D eigenvalue weighted by Gasteiger charge is -2.19. The van der Waals surface area contributed by atoms with E-state index in [-0.39, 0.29) is 35.9 Å². The van der Waals surface area contributed by atoms with Gasteiger partial charge in [-0.05, 0) is 19.3 Å². The molecule has 0 amide bonds. The molecule has 3 rings (SSSR count). The second kappa shape index (κ2) is 8.72. The molecule has 2 fully saturated rings. The van der Waals surface area contributed by atoms with Crippen LogP contribution in [0.25, 0.3) is 0 Å². The second-order valence-corrected chi connectivity index (χ2v) is 7.97. The normalized spacial score (nSPS) is 22.1. The first-order valence-electron chi connectivity index (χ1n) is 9.42. The van der Waals surface area contributed by atoms with Gasteiger partial charge >= 0.3 is 17.6 Å². The Bertz CT molecular complexity index is 820. The summed E-state index contributed by atoms with van der Waals surface area (Å²) < 4.78 is 12.6. The van der Waals surface area contributed by atoms with E-state index in [1.807, 2.05) is 0 Å². The zero-order valence-electron chi connectivity index (χ0n) is 16.6. The fourth-order valence-electron chi connectivity index (χ4n) is 2.95. The van der Waals surface area contributed by atoms with Crippen molar-refractivity contribution >= 4 is 11.9 Å². The van der Waals surface area contributed by atoms with E-state index in [9.17, 15) is 19.2 Å². The molecular formula is C19H28N2O7. The molecule has 28 heavy (non-hydrogen) atoms. The second-order valence-electron chi connectivity index (χ2n) is 7.97. The number of esters is 1. The number of hydrogen-bond acceptors (Lipinski definition) is 6. The summed E-state index contributed by atoms with van der Waals surface area (Å²) in [6.45, 7) is 7.05. The standard InChI is InChI=1S/C15H20N2O5.C4H8O2/c1-9(2)12(19)21-8-10-7-15(4-5-15)13(22-10)17-6-3-11(18)16-14(17)20;1-3(2)4(5)6/h3,6,9-10,13H,4-5,7-8H2,1-2H3,(H,16,18,20);3H,1-2H3,(H,5,6)/t10-,13+;/m0./s1. The van der Waals surface area contributed by atoms with E-state index in [1.54, 1.807) is 27.7 Å². The number of aromatic amines is 1. The van der Waals surface area contributed by atoms with E-state index in [4.69, 9.17) is 14.6 Å². The van der Waals surface area contributed by atoms with Crippen LogP contribution in [0, 0.1) is 17.3 Å². The molecule has 156 valence electrons. The molecule has 1 aliphatic heterocycles. The third kappa shape index (κ3) is 5.31. The minimum atomic E-state index is -0.741. The molecule has 0 bridgehead atoms. The van der Waals surface area contributed by atoms with Crippen molar-refractivity contribution in [3.63, 3.8) is 0 Å². The molecule has 2 aliphatic rings. The van der Waals surface area contributed by atoms with Gasteiger partial charge < -0.3 is 14.6 Å². The monoisotopic (exact) mass is 396 g/mol. The summed E-state index contributed by atoms with van der Waals surface area (Å²) in [7, 11) is 0. The number of aliphatic carboxylic acids is 1. The van der Waals surface area contributed by atoms with E-state index in [2.05, 4.69) is 4.98 Å². The number of aromatic nitrogens is 2. The molecule has 9 nitrogen and oxygen atoms in total. The van der Waals surface area contributed by atoms with Gasteiger partial charge in [-0.1, -0.05) is 27.7 Å². The molecule has 0 radical (unpaired) electrons. The van der Waals surface area contributed by atoms with Gasteiger partial charge in [0.2, 0.25) is 0 Å². The SMILES string of the molecule is CC(C)C(=O)O.CC(C)C(=O)OC[C@@H]1CC2(CC2)[C@H](n2ccc(=O)[nH]c2=O)O1. The summed E-state index contributed by atoms with van der Waals surface area (Å²) in [4.78, 5) is 46.6. The minimum absolute atomic E-state index is 0.0724. The number of carbonyl (C=O) groups is 2. The van der Waals surface area contributed by atoms with Crippen LogP contribution < -0.4 is 11.2 Å². The van der Waals surface area contributed by atoms with Crippen LogP contribution in [0.15, 0.2) is 21.9 Å². The van der Waals surface area contributed by atoms with E-state index in [1.165, 1.54) is 16.8 Å². The van der Waals surface area contributed by atoms with Crippen molar-refractivity contribution in [3.05, 3.63) is 33.1 Å². The maximum atomic E-state index is 11.9. The summed E-state index contributed by atoms with van der Waals surface area (Å²) in [6, 6.07) is 1.31. The average Bonchev–Trinajstić information content (AvgIpc) is 3.28. The lowest BCUT2D eigenvalue weighted by molar-refractivity contribution is -0.152. The van der Waals surface area contributed by atoms with E-state index >= 15 is 0 Å². The molecule has 1 aliphatic carbocycles. The van der Waals surface area contributed by atoms with Gasteiger partial charge in [-0.15, -0.1) is 0 Å². The highest BCUT2D eigenvalue weighted by atomic mass is 16.6. The first-order valence-corrected chi connectivity index (χ1v) is 9.42. The summed E-state index contributed by atoms with van der Waals surface area (Å²) in [5.74, 6) is -1.40. The molecule has 1 saturated carbocycles. The highest BCUT2D eigenvalue weighted by Crippen LogP contribution is 2.62. The first kappa shape index (κ1) is 21.9. The lowest BCUT2D eigenvalue weighted by atomic mass is 10.0. The molecule has 1 saturated heterocycles. The van der Waals surface area contributed by atoms with E-state index in [0.717, 1.165) is 19.3 Å². The van der Waals surface area contributed by atoms with Crippen molar-refractivity contribution in [2.24, 2.45) is 17.3 Å². The minimum Gasteiger partial charge on any atom is -0.481 e. The van der Waals surface area contributed by atoms with Crippen molar-refractivity contribution < 1.29 is 24.2 Å². The molecule has 2 atom stereocenters. The largest absolute Gasteiger partial charge is 0.481 e. The maximum absolute atomic E-state index is 11.9. The highest BCUT2D eigenvalue weighted by Gasteiger charge is 2.58. The fourth-order valence-corrected chi connectivity index (χ4v) is 2.95. The van der Waals surface area contributed by atoms with Crippen LogP contribution in [0.3, 0.4) is 0 Å². The molecule has 1 aromatic heterocycles. The molecule has 1 spiro atoms. The van der Waals surface area contributed by atoms with Crippen LogP contribution >= 0.6 is 0 Å². The number of carboxylic acid groups (broad SMARTS) is 1. The Morgan fingerprint density at radius 2 is 1.89 bits per heavy atom. The van der Waals surface area contributed by atoms with Crippen LogP contribution in [-0.2, 0) is 19.1 Å². The predicted octanol–water partition coefficient (Wildman–Crippen LogP) is 1.53. The molecule has 2 N–H and O–H groups in total. The topological polar surface area (TPSA) is 128 Å². The highest BCUT2D eigenvalue weighted by molar-refractivity contribution is 5.71. The van der Waals surface area contributed by atoms with Gasteiger partial charge in [-0.25, -0.2) is 4.79 Å². The van der Waals surface area contributed by atoms with Crippen LogP contribution in [0.1, 0.15) is 53.2 Å². The fraction of sp³-hybridized carbons (Fsp3) is 0.684. The van der Waals surface area contributed by atoms with Crippen molar-refractivity contribution in [2.75, 3.05) is 6.61 Å². The molecule has 2 heterocycles. The Kier molecular flexibility index (Phi) is 6.82. The Morgan fingerprint density at radius 1 is 1.29 bits per heavy atom. The summed E-state index contributed by atoms with van der Waals surface area (Å²) >= 11 is 0. The first-order chi connectivity index (χ1) is 13.1. The number of carbonyl (C=O) groups excluding carboxylic acids is 1. The lowest BCUT2D eigenvalue weighted by Crippen LogP contribution is -2.34. The van der Waals surface area contributed by atoms with Crippen molar-refractivity contribution in [2.45, 2.75) is 59.3 Å². The quantitative estimate of drug-likeness (QED) is 0.722. The maximum Gasteiger partial charge on any atom is 0.330 e. The van der Waals surface area contributed by atoms with Gasteiger partial charge in [0.25, 0.3) is 5.56 Å². The van der Waals surface area contributed by atoms with Gasteiger partial charge in [-0.2, -0.15) is 0 Å². The summed E-state index contributed by atoms with van der Waals surface area (Å²) in [6.07, 6.45) is 3.55. The zero-order chi connectivity index (χ0) is 21.1. The zero-order valence-corrected chi connectivity index (χ0v) is 16.6. The molecular weight excluding hydrogens is 368 g/mol. The number of H-pyrrole nitrogens is 1. The molecule has 0 aromatic carbocycles. The molecule has 1 aromatic rings. The van der Waals surface area contributed by atoms with Crippen LogP contribution in [0.2, 0.25) is 0 Å². The Labute approximate surface area is 162 Å². The Hall–Kier alpha value is -2.42. The smallest absolute Gasteiger partial charge is 0.330 e. The number of nitrogens with zero attached hydrogens (tertiary/aromatic N) is 1. The average molecular weight is 396 g/mol. The number of hydrogen-bond donors (Lipinski definition) is 2. The number of nitrogens with one attached hydrogen (secondary N) is 1. The number of carboxylic acids is 1. The van der Waals surface area contributed by atoms with Gasteiger partial charge in [-0.3, -0.25) is 23.9 Å². The van der Waals surface area contributed by atoms with Crippen LogP contribution in [0.4, 0.5) is 0 Å². The number of rotatable bonds is 5. The van der Waals surface area contributed by atoms with E-state index in [0.29, 0.717) is 0 Å². The number of ether oxygens (including phenoxy) is 2. The van der Waals surface area contributed by atoms with Crippen LogP contribution in [0.5, 0.6) is 0 Å². The van der Waals surface area contributed by atoms with Gasteiger partial charge in [0.15, 0.2) is 0 Å². The Morgan fingerprint density at radius 3 is 2.36 bits per heavy atom. The van der Waals surface area contributed by atoms with Gasteiger partial charge in [0, 0.05) is 17.7 Å². The van der Waals surface area contributed by atoms with Crippen molar-refractivity contribution in [1.29, 1.82) is 0 Å². The van der Waals surface area contributed by atoms with Gasteiger partial charge in [0.1, 0.15) is 12.8 Å². The molecule has 0 unspecified atom stereocenters. The third-order valence-electron chi connectivity index (χ3n) is 4.85. The van der Waals surface area contributed by atoms with E-state index < -0.39 is 23.4 Å². The molecule has 9 heteroatoms. The van der Waals surface area contributed by atoms with Gasteiger partial charge in [0.05, 0.1) is 17.9 Å². The van der Waals surface area contributed by atoms with Crippen LogP contribution in [-0.4, -0.2) is 39.3 Å². The predicted molar refractivity (Wildman–Crippen MR) is 99.8 cm³/mol.